The van der Waals surface area contributed by atoms with Gasteiger partial charge in [0.2, 0.25) is 0 Å². The Hall–Kier alpha value is -1.30. The third-order valence-electron chi connectivity index (χ3n) is 5.77. The number of hydrogen-bond acceptors (Lipinski definition) is 0. The van der Waals surface area contributed by atoms with Crippen molar-refractivity contribution < 1.29 is 0 Å². The van der Waals surface area contributed by atoms with Gasteiger partial charge in [-0.15, -0.1) is 0 Å². The third-order valence-corrected chi connectivity index (χ3v) is 5.77. The number of aryl methyl sites for hydroxylation is 1. The fraction of sp³-hybridized carbons (Fsp3) is 0.545. The molecule has 22 heavy (non-hydrogen) atoms. The van der Waals surface area contributed by atoms with E-state index in [4.69, 9.17) is 0 Å². The van der Waals surface area contributed by atoms with Gasteiger partial charge in [0.15, 0.2) is 0 Å². The summed E-state index contributed by atoms with van der Waals surface area (Å²) in [6.45, 7) is 6.91. The summed E-state index contributed by atoms with van der Waals surface area (Å²) in [5.41, 5.74) is 2.92. The average molecular weight is 294 g/mol. The summed E-state index contributed by atoms with van der Waals surface area (Å²) < 4.78 is 0. The zero-order chi connectivity index (χ0) is 15.5. The third kappa shape index (κ3) is 3.54. The van der Waals surface area contributed by atoms with Gasteiger partial charge < -0.3 is 0 Å². The number of benzene rings is 2. The Morgan fingerprint density at radius 2 is 1.64 bits per heavy atom. The van der Waals surface area contributed by atoms with Crippen LogP contribution in [0.3, 0.4) is 0 Å². The first-order valence-electron chi connectivity index (χ1n) is 9.16. The minimum absolute atomic E-state index is 0.791. The van der Waals surface area contributed by atoms with Crippen LogP contribution in [0.4, 0.5) is 0 Å². The minimum Gasteiger partial charge on any atom is -0.0651 e. The smallest absolute Gasteiger partial charge is 0.0162 e. The Morgan fingerprint density at radius 3 is 2.36 bits per heavy atom. The van der Waals surface area contributed by atoms with Gasteiger partial charge in [0.25, 0.3) is 0 Å². The predicted octanol–water partition coefficient (Wildman–Crippen LogP) is 6.86. The lowest BCUT2D eigenvalue weighted by Gasteiger charge is -2.30. The fourth-order valence-electron chi connectivity index (χ4n) is 4.10. The van der Waals surface area contributed by atoms with E-state index in [1.807, 2.05) is 0 Å². The van der Waals surface area contributed by atoms with Crippen LogP contribution in [0.15, 0.2) is 36.4 Å². The van der Waals surface area contributed by atoms with Crippen LogP contribution in [-0.2, 0) is 0 Å². The van der Waals surface area contributed by atoms with Gasteiger partial charge in [0, 0.05) is 0 Å². The molecule has 0 nitrogen and oxygen atoms in total. The second-order valence-corrected chi connectivity index (χ2v) is 7.58. The van der Waals surface area contributed by atoms with Crippen LogP contribution in [0.1, 0.15) is 69.4 Å². The lowest BCUT2D eigenvalue weighted by Crippen LogP contribution is -2.15. The standard InChI is InChI=1S/C22H30/c1-4-16(2)13-18-6-9-19(10-7-18)21-12-11-20-14-17(3)5-8-22(20)15-21/h5,8,11-12,14-16,18-19H,4,6-7,9-10,13H2,1-3H3/t16?,18-,19-. The molecule has 0 heteroatoms. The lowest BCUT2D eigenvalue weighted by atomic mass is 9.75. The van der Waals surface area contributed by atoms with Gasteiger partial charge in [-0.3, -0.25) is 0 Å². The van der Waals surface area contributed by atoms with Crippen LogP contribution in [0.5, 0.6) is 0 Å². The molecule has 1 atom stereocenters. The quantitative estimate of drug-likeness (QED) is 0.578. The molecule has 0 aliphatic heterocycles. The molecule has 0 bridgehead atoms. The van der Waals surface area contributed by atoms with Crippen molar-refractivity contribution in [2.75, 3.05) is 0 Å². The van der Waals surface area contributed by atoms with Gasteiger partial charge in [-0.2, -0.15) is 0 Å². The Morgan fingerprint density at radius 1 is 0.955 bits per heavy atom. The molecular weight excluding hydrogens is 264 g/mol. The van der Waals surface area contributed by atoms with Crippen molar-refractivity contribution in [3.63, 3.8) is 0 Å². The molecule has 0 saturated heterocycles. The van der Waals surface area contributed by atoms with E-state index in [1.165, 1.54) is 54.9 Å². The van der Waals surface area contributed by atoms with E-state index >= 15 is 0 Å². The summed E-state index contributed by atoms with van der Waals surface area (Å²) in [4.78, 5) is 0. The van der Waals surface area contributed by atoms with Crippen LogP contribution in [0.2, 0.25) is 0 Å². The Labute approximate surface area is 135 Å². The van der Waals surface area contributed by atoms with Crippen molar-refractivity contribution >= 4 is 10.8 Å². The van der Waals surface area contributed by atoms with Crippen molar-refractivity contribution in [1.29, 1.82) is 0 Å². The molecule has 1 saturated carbocycles. The maximum absolute atomic E-state index is 2.44. The molecule has 0 radical (unpaired) electrons. The topological polar surface area (TPSA) is 0 Å². The average Bonchev–Trinajstić information content (AvgIpc) is 2.55. The highest BCUT2D eigenvalue weighted by Crippen LogP contribution is 2.39. The normalized spacial score (nSPS) is 23.6. The molecule has 3 rings (SSSR count). The van der Waals surface area contributed by atoms with Crippen LogP contribution >= 0.6 is 0 Å². The zero-order valence-corrected chi connectivity index (χ0v) is 14.4. The van der Waals surface area contributed by atoms with E-state index in [0.717, 1.165) is 17.8 Å². The van der Waals surface area contributed by atoms with E-state index in [0.29, 0.717) is 0 Å². The Balaban J connectivity index is 1.67. The Bertz CT molecular complexity index is 617. The van der Waals surface area contributed by atoms with Crippen molar-refractivity contribution in [2.45, 2.75) is 65.2 Å². The second-order valence-electron chi connectivity index (χ2n) is 7.58. The second kappa shape index (κ2) is 6.86. The Kier molecular flexibility index (Phi) is 4.86. The molecular formula is C22H30. The van der Waals surface area contributed by atoms with Crippen LogP contribution in [0, 0.1) is 18.8 Å². The molecule has 1 unspecified atom stereocenters. The van der Waals surface area contributed by atoms with Crippen molar-refractivity contribution in [1.82, 2.24) is 0 Å². The minimum atomic E-state index is 0.791. The highest BCUT2D eigenvalue weighted by atomic mass is 14.3. The molecule has 0 N–H and O–H groups in total. The largest absolute Gasteiger partial charge is 0.0651 e. The summed E-state index contributed by atoms with van der Waals surface area (Å²) in [6, 6.07) is 13.9. The van der Waals surface area contributed by atoms with Crippen LogP contribution in [-0.4, -0.2) is 0 Å². The zero-order valence-electron chi connectivity index (χ0n) is 14.4. The first kappa shape index (κ1) is 15.6. The van der Waals surface area contributed by atoms with Gasteiger partial charge >= 0.3 is 0 Å². The van der Waals surface area contributed by atoms with Gasteiger partial charge in [-0.25, -0.2) is 0 Å². The molecule has 118 valence electrons. The number of rotatable bonds is 4. The molecule has 2 aromatic rings. The predicted molar refractivity (Wildman–Crippen MR) is 97.5 cm³/mol. The maximum Gasteiger partial charge on any atom is -0.0162 e. The molecule has 0 amide bonds. The summed E-state index contributed by atoms with van der Waals surface area (Å²) in [6.07, 6.45) is 8.42. The van der Waals surface area contributed by atoms with Crippen LogP contribution in [0.25, 0.3) is 10.8 Å². The van der Waals surface area contributed by atoms with E-state index < -0.39 is 0 Å². The summed E-state index contributed by atoms with van der Waals surface area (Å²) in [5, 5.41) is 2.79. The van der Waals surface area contributed by atoms with Gasteiger partial charge in [0.1, 0.15) is 0 Å². The number of hydrogen-bond donors (Lipinski definition) is 0. The van der Waals surface area contributed by atoms with Crippen molar-refractivity contribution in [3.8, 4) is 0 Å². The summed E-state index contributed by atoms with van der Waals surface area (Å²) in [7, 11) is 0. The number of fused-ring (bicyclic) bond motifs is 1. The molecule has 1 aliphatic carbocycles. The molecule has 1 fully saturated rings. The maximum atomic E-state index is 2.44. The lowest BCUT2D eigenvalue weighted by molar-refractivity contribution is 0.273. The molecule has 1 aliphatic rings. The van der Waals surface area contributed by atoms with E-state index in [-0.39, 0.29) is 0 Å². The van der Waals surface area contributed by atoms with E-state index in [2.05, 4.69) is 57.2 Å². The molecule has 0 spiro atoms. The molecule has 0 heterocycles. The van der Waals surface area contributed by atoms with Crippen molar-refractivity contribution in [2.24, 2.45) is 11.8 Å². The first-order chi connectivity index (χ1) is 10.7. The van der Waals surface area contributed by atoms with E-state index in [1.54, 1.807) is 5.56 Å². The highest BCUT2D eigenvalue weighted by molar-refractivity contribution is 5.83. The first-order valence-corrected chi connectivity index (χ1v) is 9.16. The van der Waals surface area contributed by atoms with Crippen LogP contribution < -0.4 is 0 Å². The molecule has 2 aromatic carbocycles. The van der Waals surface area contributed by atoms with Gasteiger partial charge in [-0.05, 0) is 73.1 Å². The summed E-state index contributed by atoms with van der Waals surface area (Å²) in [5.74, 6) is 2.68. The highest BCUT2D eigenvalue weighted by Gasteiger charge is 2.23. The SMILES string of the molecule is CCC(C)C[C@H]1CC[C@H](c2ccc3cc(C)ccc3c2)CC1. The molecule has 0 aromatic heterocycles. The fourth-order valence-corrected chi connectivity index (χ4v) is 4.10. The summed E-state index contributed by atoms with van der Waals surface area (Å²) >= 11 is 0. The van der Waals surface area contributed by atoms with Crippen molar-refractivity contribution in [3.05, 3.63) is 47.5 Å². The van der Waals surface area contributed by atoms with E-state index in [9.17, 15) is 0 Å². The van der Waals surface area contributed by atoms with Gasteiger partial charge in [0.05, 0.1) is 0 Å². The van der Waals surface area contributed by atoms with Gasteiger partial charge in [-0.1, -0.05) is 62.2 Å². The monoisotopic (exact) mass is 294 g/mol.